The maximum absolute atomic E-state index is 13.0. The van der Waals surface area contributed by atoms with E-state index in [1.165, 1.54) is 0 Å². The molecular weight excluding hydrogens is 362 g/mol. The summed E-state index contributed by atoms with van der Waals surface area (Å²) in [5.41, 5.74) is -0.634. The highest BCUT2D eigenvalue weighted by Crippen LogP contribution is 2.60. The fourth-order valence-corrected chi connectivity index (χ4v) is 5.89. The Kier molecular flexibility index (Phi) is 4.36. The molecular formula is C21H29NO6. The second-order valence-electron chi connectivity index (χ2n) is 9.12. The van der Waals surface area contributed by atoms with Gasteiger partial charge in [-0.05, 0) is 56.1 Å². The van der Waals surface area contributed by atoms with E-state index in [-0.39, 0.29) is 17.7 Å². The molecule has 7 heteroatoms. The summed E-state index contributed by atoms with van der Waals surface area (Å²) in [4.78, 5) is 24.9. The summed E-state index contributed by atoms with van der Waals surface area (Å²) in [6, 6.07) is 3.65. The van der Waals surface area contributed by atoms with Gasteiger partial charge in [-0.1, -0.05) is 13.8 Å². The summed E-state index contributed by atoms with van der Waals surface area (Å²) < 4.78 is 17.9. The van der Waals surface area contributed by atoms with Gasteiger partial charge >= 0.3 is 0 Å². The first-order valence-corrected chi connectivity index (χ1v) is 10.4. The van der Waals surface area contributed by atoms with Crippen molar-refractivity contribution < 1.29 is 28.5 Å². The number of carbonyl (C=O) groups is 1. The van der Waals surface area contributed by atoms with Gasteiger partial charge in [0.05, 0.1) is 12.8 Å². The van der Waals surface area contributed by atoms with Gasteiger partial charge in [-0.3, -0.25) is 4.79 Å². The van der Waals surface area contributed by atoms with Crippen molar-refractivity contribution in [3.05, 3.63) is 24.2 Å². The molecule has 154 valence electrons. The van der Waals surface area contributed by atoms with Crippen molar-refractivity contribution in [3.8, 4) is 0 Å². The number of rotatable bonds is 3. The Labute approximate surface area is 165 Å². The summed E-state index contributed by atoms with van der Waals surface area (Å²) in [7, 11) is 0. The van der Waals surface area contributed by atoms with Crippen LogP contribution in [0.4, 0.5) is 0 Å². The van der Waals surface area contributed by atoms with Crippen LogP contribution < -0.4 is 5.32 Å². The second-order valence-corrected chi connectivity index (χ2v) is 9.12. The summed E-state index contributed by atoms with van der Waals surface area (Å²) in [6.45, 7) is 6.60. The normalized spacial score (nSPS) is 47.2. The smallest absolute Gasteiger partial charge is 0.249 e. The SMILES string of the molecule is C[C@H]1[C@H](C(=O)NCc2ccco2)O[C@@H]2O[C@@]3(C)CC[C@H]4[C@H](C)CC[C@@H]1[C@@]24OO3. The third-order valence-electron chi connectivity index (χ3n) is 7.43. The monoisotopic (exact) mass is 391 g/mol. The lowest BCUT2D eigenvalue weighted by atomic mass is 9.57. The van der Waals surface area contributed by atoms with E-state index in [0.717, 1.165) is 25.7 Å². The van der Waals surface area contributed by atoms with Crippen LogP contribution in [-0.4, -0.2) is 29.7 Å². The maximum atomic E-state index is 13.0. The van der Waals surface area contributed by atoms with Crippen LogP contribution in [0.3, 0.4) is 0 Å². The molecule has 0 radical (unpaired) electrons. The molecule has 1 aromatic rings. The first-order valence-electron chi connectivity index (χ1n) is 10.4. The van der Waals surface area contributed by atoms with E-state index < -0.39 is 23.8 Å². The molecule has 5 fully saturated rings. The van der Waals surface area contributed by atoms with Crippen LogP contribution in [-0.2, 0) is 30.6 Å². The largest absolute Gasteiger partial charge is 0.467 e. The highest BCUT2D eigenvalue weighted by Gasteiger charge is 2.69. The van der Waals surface area contributed by atoms with Gasteiger partial charge in [0, 0.05) is 12.3 Å². The Morgan fingerprint density at radius 2 is 2.07 bits per heavy atom. The molecule has 5 aliphatic rings. The molecule has 1 N–H and O–H groups in total. The Bertz CT molecular complexity index is 737. The zero-order valence-corrected chi connectivity index (χ0v) is 16.7. The molecule has 1 aromatic heterocycles. The molecule has 28 heavy (non-hydrogen) atoms. The Hall–Kier alpha value is -1.41. The lowest BCUT2D eigenvalue weighted by molar-refractivity contribution is -0.569. The molecule has 8 atom stereocenters. The minimum Gasteiger partial charge on any atom is -0.467 e. The van der Waals surface area contributed by atoms with Crippen molar-refractivity contribution in [1.82, 2.24) is 5.32 Å². The molecule has 2 bridgehead atoms. The highest BCUT2D eigenvalue weighted by molar-refractivity contribution is 5.81. The Balaban J connectivity index is 1.42. The van der Waals surface area contributed by atoms with Crippen molar-refractivity contribution in [2.75, 3.05) is 0 Å². The van der Waals surface area contributed by atoms with Gasteiger partial charge in [0.1, 0.15) is 11.9 Å². The molecule has 1 amide bonds. The van der Waals surface area contributed by atoms with Crippen molar-refractivity contribution in [3.63, 3.8) is 0 Å². The van der Waals surface area contributed by atoms with Crippen LogP contribution in [0.25, 0.3) is 0 Å². The number of ether oxygens (including phenoxy) is 2. The fraction of sp³-hybridized carbons (Fsp3) is 0.762. The first kappa shape index (κ1) is 18.6. The molecule has 4 aliphatic heterocycles. The standard InChI is InChI=1S/C21H29NO6/c1-12-6-7-16-13(2)17(18(23)22-11-14-5-4-10-24-14)25-19-21(16)15(12)8-9-20(3,26-19)27-28-21/h4-5,10,12-13,15-17,19H,6-9,11H2,1-3H3,(H,22,23)/t12-,13-,15+,16+,17-,19-,20-,21-/m1/s1. The van der Waals surface area contributed by atoms with E-state index in [1.807, 2.05) is 19.1 Å². The molecule has 0 unspecified atom stereocenters. The van der Waals surface area contributed by atoms with Gasteiger partial charge in [-0.15, -0.1) is 0 Å². The van der Waals surface area contributed by atoms with Gasteiger partial charge in [0.15, 0.2) is 11.9 Å². The van der Waals surface area contributed by atoms with E-state index in [0.29, 0.717) is 24.1 Å². The van der Waals surface area contributed by atoms with Crippen molar-refractivity contribution in [2.24, 2.45) is 23.7 Å². The zero-order valence-electron chi connectivity index (χ0n) is 16.7. The zero-order chi connectivity index (χ0) is 19.5. The predicted octanol–water partition coefficient (Wildman–Crippen LogP) is 3.15. The van der Waals surface area contributed by atoms with Crippen molar-refractivity contribution >= 4 is 5.91 Å². The average Bonchev–Trinajstić information content (AvgIpc) is 3.09. The van der Waals surface area contributed by atoms with Gasteiger partial charge in [-0.25, -0.2) is 9.78 Å². The third kappa shape index (κ3) is 2.67. The minimum atomic E-state index is -0.826. The fourth-order valence-electron chi connectivity index (χ4n) is 5.89. The van der Waals surface area contributed by atoms with Gasteiger partial charge < -0.3 is 19.2 Å². The van der Waals surface area contributed by atoms with E-state index in [1.54, 1.807) is 6.26 Å². The lowest BCUT2D eigenvalue weighted by Gasteiger charge is -2.60. The molecule has 4 saturated heterocycles. The first-order chi connectivity index (χ1) is 13.4. The Morgan fingerprint density at radius 3 is 2.86 bits per heavy atom. The minimum absolute atomic E-state index is 0.00231. The number of hydrogen-bond acceptors (Lipinski definition) is 6. The van der Waals surface area contributed by atoms with Crippen LogP contribution in [0.5, 0.6) is 0 Å². The van der Waals surface area contributed by atoms with Crippen molar-refractivity contribution in [2.45, 2.75) is 76.8 Å². The number of fused-ring (bicyclic) bond motifs is 2. The number of nitrogens with one attached hydrogen (secondary N) is 1. The average molecular weight is 391 g/mol. The predicted molar refractivity (Wildman–Crippen MR) is 97.4 cm³/mol. The van der Waals surface area contributed by atoms with Crippen LogP contribution >= 0.6 is 0 Å². The molecule has 1 spiro atoms. The maximum Gasteiger partial charge on any atom is 0.249 e. The molecule has 1 aliphatic carbocycles. The number of hydrogen-bond donors (Lipinski definition) is 1. The second kappa shape index (κ2) is 6.55. The highest BCUT2D eigenvalue weighted by atomic mass is 17.3. The molecule has 5 heterocycles. The van der Waals surface area contributed by atoms with Crippen LogP contribution in [0.15, 0.2) is 22.8 Å². The van der Waals surface area contributed by atoms with Crippen LogP contribution in [0.2, 0.25) is 0 Å². The summed E-state index contributed by atoms with van der Waals surface area (Å²) in [5.74, 6) is 0.707. The van der Waals surface area contributed by atoms with E-state index in [2.05, 4.69) is 19.2 Å². The third-order valence-corrected chi connectivity index (χ3v) is 7.43. The van der Waals surface area contributed by atoms with Gasteiger partial charge in [-0.2, -0.15) is 0 Å². The van der Waals surface area contributed by atoms with E-state index in [4.69, 9.17) is 23.7 Å². The molecule has 1 saturated carbocycles. The topological polar surface area (TPSA) is 79.2 Å². The van der Waals surface area contributed by atoms with Crippen molar-refractivity contribution in [1.29, 1.82) is 0 Å². The lowest BCUT2D eigenvalue weighted by Crippen LogP contribution is -2.71. The van der Waals surface area contributed by atoms with Gasteiger partial charge in [0.2, 0.25) is 11.7 Å². The number of furan rings is 1. The molecule has 7 nitrogen and oxygen atoms in total. The summed E-state index contributed by atoms with van der Waals surface area (Å²) >= 11 is 0. The molecule has 0 aromatic carbocycles. The van der Waals surface area contributed by atoms with E-state index >= 15 is 0 Å². The van der Waals surface area contributed by atoms with E-state index in [9.17, 15) is 4.79 Å². The summed E-state index contributed by atoms with van der Waals surface area (Å²) in [6.07, 6.45) is 4.26. The number of amides is 1. The quantitative estimate of drug-likeness (QED) is 0.798. The Morgan fingerprint density at radius 1 is 1.21 bits per heavy atom. The van der Waals surface area contributed by atoms with Gasteiger partial charge in [0.25, 0.3) is 0 Å². The molecule has 6 rings (SSSR count). The number of carbonyl (C=O) groups excluding carboxylic acids is 1. The van der Waals surface area contributed by atoms with Crippen LogP contribution in [0, 0.1) is 23.7 Å². The summed E-state index contributed by atoms with van der Waals surface area (Å²) in [5, 5.41) is 2.94. The van der Waals surface area contributed by atoms with Crippen LogP contribution in [0.1, 0.15) is 52.2 Å².